The summed E-state index contributed by atoms with van der Waals surface area (Å²) < 4.78 is 0. The zero-order valence-corrected chi connectivity index (χ0v) is 21.0. The van der Waals surface area contributed by atoms with Crippen LogP contribution in [0.2, 0.25) is 0 Å². The van der Waals surface area contributed by atoms with Crippen LogP contribution in [0.5, 0.6) is 5.75 Å². The van der Waals surface area contributed by atoms with Gasteiger partial charge in [0.1, 0.15) is 5.75 Å². The van der Waals surface area contributed by atoms with E-state index in [2.05, 4.69) is 17.6 Å². The van der Waals surface area contributed by atoms with Crippen molar-refractivity contribution in [2.24, 2.45) is 0 Å². The number of nitrogens with one attached hydrogen (secondary N) is 2. The molecular formula is C28H48N2O3. The van der Waals surface area contributed by atoms with E-state index < -0.39 is 0 Å². The minimum absolute atomic E-state index is 0.0282. The number of phenols is 1. The summed E-state index contributed by atoms with van der Waals surface area (Å²) in [5.74, 6) is 0.393. The lowest BCUT2D eigenvalue weighted by Gasteiger charge is -2.08. The molecule has 1 rings (SSSR count). The third-order valence-corrected chi connectivity index (χ3v) is 6.13. The van der Waals surface area contributed by atoms with Gasteiger partial charge in [0.25, 0.3) is 0 Å². The molecule has 0 aliphatic heterocycles. The number of carbonyl (C=O) groups excluding carboxylic acids is 2. The van der Waals surface area contributed by atoms with Gasteiger partial charge in [-0.1, -0.05) is 96.1 Å². The second-order valence-corrected chi connectivity index (χ2v) is 9.24. The minimum atomic E-state index is 0.0282. The van der Waals surface area contributed by atoms with Crippen LogP contribution in [0, 0.1) is 0 Å². The smallest absolute Gasteiger partial charge is 0.221 e. The largest absolute Gasteiger partial charge is 0.508 e. The number of hydrogen-bond donors (Lipinski definition) is 3. The van der Waals surface area contributed by atoms with E-state index in [1.165, 1.54) is 76.2 Å². The van der Waals surface area contributed by atoms with Crippen LogP contribution in [0.4, 0.5) is 0 Å². The fourth-order valence-electron chi connectivity index (χ4n) is 4.00. The summed E-state index contributed by atoms with van der Waals surface area (Å²) in [5.41, 5.74) is 1.29. The molecule has 0 saturated carbocycles. The van der Waals surface area contributed by atoms with Crippen LogP contribution in [0.15, 0.2) is 24.3 Å². The van der Waals surface area contributed by atoms with Gasteiger partial charge in [0.15, 0.2) is 0 Å². The third-order valence-electron chi connectivity index (χ3n) is 6.13. The number of phenolic OH excluding ortho intramolecular Hbond substituents is 1. The molecule has 0 aromatic heterocycles. The highest BCUT2D eigenvalue weighted by molar-refractivity contribution is 5.78. The Balaban J connectivity index is 1.82. The van der Waals surface area contributed by atoms with E-state index in [0.717, 1.165) is 32.1 Å². The van der Waals surface area contributed by atoms with Crippen LogP contribution in [0.1, 0.15) is 122 Å². The first-order chi connectivity index (χ1) is 16.1. The molecule has 0 radical (unpaired) electrons. The van der Waals surface area contributed by atoms with E-state index in [1.807, 2.05) is 12.1 Å². The highest BCUT2D eigenvalue weighted by Crippen LogP contribution is 2.14. The number of aryl methyl sites for hydroxylation is 1. The first-order valence-corrected chi connectivity index (χ1v) is 13.4. The monoisotopic (exact) mass is 460 g/mol. The van der Waals surface area contributed by atoms with Crippen molar-refractivity contribution in [1.82, 2.24) is 10.6 Å². The molecule has 0 bridgehead atoms. The van der Waals surface area contributed by atoms with Gasteiger partial charge in [-0.15, -0.1) is 0 Å². The summed E-state index contributed by atoms with van der Waals surface area (Å²) in [4.78, 5) is 23.7. The highest BCUT2D eigenvalue weighted by Gasteiger charge is 2.03. The summed E-state index contributed by atoms with van der Waals surface area (Å²) in [6.45, 7) is 2.47. The predicted molar refractivity (Wildman–Crippen MR) is 137 cm³/mol. The van der Waals surface area contributed by atoms with Crippen LogP contribution in [0.3, 0.4) is 0 Å². The van der Waals surface area contributed by atoms with Crippen molar-refractivity contribution in [3.8, 4) is 5.75 Å². The molecule has 0 spiro atoms. The molecule has 0 unspecified atom stereocenters. The Morgan fingerprint density at radius 2 is 1.06 bits per heavy atom. The Morgan fingerprint density at radius 1 is 0.636 bits per heavy atom. The quantitative estimate of drug-likeness (QED) is 0.140. The molecule has 0 fully saturated rings. The fraction of sp³-hybridized carbons (Fsp3) is 0.714. The second-order valence-electron chi connectivity index (χ2n) is 9.24. The van der Waals surface area contributed by atoms with Crippen LogP contribution in [-0.4, -0.2) is 23.6 Å². The topological polar surface area (TPSA) is 78.4 Å². The molecule has 1 aromatic rings. The molecule has 0 aliphatic carbocycles. The van der Waals surface area contributed by atoms with E-state index >= 15 is 0 Å². The van der Waals surface area contributed by atoms with Gasteiger partial charge in [0, 0.05) is 12.8 Å². The predicted octanol–water partition coefficient (Wildman–Crippen LogP) is 6.78. The van der Waals surface area contributed by atoms with Gasteiger partial charge < -0.3 is 15.7 Å². The lowest BCUT2D eigenvalue weighted by molar-refractivity contribution is -0.123. The lowest BCUT2D eigenvalue weighted by atomic mass is 10.0. The molecular weight excluding hydrogens is 412 g/mol. The van der Waals surface area contributed by atoms with Crippen LogP contribution in [-0.2, 0) is 16.0 Å². The van der Waals surface area contributed by atoms with Crippen molar-refractivity contribution in [1.29, 1.82) is 0 Å². The Morgan fingerprint density at radius 3 is 1.55 bits per heavy atom. The minimum Gasteiger partial charge on any atom is -0.508 e. The van der Waals surface area contributed by atoms with Crippen LogP contribution >= 0.6 is 0 Å². The Hall–Kier alpha value is -2.04. The SMILES string of the molecule is CCCCCCCCCC(=O)NCNC(=O)CCCCCCCCCCc1ccc(O)cc1. The molecule has 0 saturated heterocycles. The lowest BCUT2D eigenvalue weighted by Crippen LogP contribution is -2.37. The van der Waals surface area contributed by atoms with Gasteiger partial charge in [-0.3, -0.25) is 9.59 Å². The first-order valence-electron chi connectivity index (χ1n) is 13.4. The average Bonchev–Trinajstić information content (AvgIpc) is 2.81. The molecule has 2 amide bonds. The first kappa shape index (κ1) is 29.0. The summed E-state index contributed by atoms with van der Waals surface area (Å²) in [6.07, 6.45) is 20.0. The van der Waals surface area contributed by atoms with Gasteiger partial charge in [0.05, 0.1) is 6.67 Å². The number of benzene rings is 1. The molecule has 3 N–H and O–H groups in total. The van der Waals surface area contributed by atoms with Crippen molar-refractivity contribution in [3.63, 3.8) is 0 Å². The van der Waals surface area contributed by atoms with Crippen molar-refractivity contribution in [3.05, 3.63) is 29.8 Å². The van der Waals surface area contributed by atoms with E-state index in [0.29, 0.717) is 18.6 Å². The van der Waals surface area contributed by atoms with E-state index in [4.69, 9.17) is 0 Å². The normalized spacial score (nSPS) is 10.8. The molecule has 0 heterocycles. The van der Waals surface area contributed by atoms with Crippen LogP contribution < -0.4 is 10.6 Å². The fourth-order valence-corrected chi connectivity index (χ4v) is 4.00. The van der Waals surface area contributed by atoms with Crippen LogP contribution in [0.25, 0.3) is 0 Å². The summed E-state index contributed by atoms with van der Waals surface area (Å²) in [7, 11) is 0. The van der Waals surface area contributed by atoms with Gasteiger partial charge in [-0.05, 0) is 43.4 Å². The Bertz CT molecular complexity index is 616. The molecule has 5 nitrogen and oxygen atoms in total. The maximum Gasteiger partial charge on any atom is 0.221 e. The van der Waals surface area contributed by atoms with Gasteiger partial charge in [-0.25, -0.2) is 0 Å². The molecule has 5 heteroatoms. The molecule has 33 heavy (non-hydrogen) atoms. The second kappa shape index (κ2) is 20.6. The zero-order chi connectivity index (χ0) is 24.0. The number of carbonyl (C=O) groups is 2. The van der Waals surface area contributed by atoms with Gasteiger partial charge >= 0.3 is 0 Å². The Kier molecular flexibility index (Phi) is 18.1. The zero-order valence-electron chi connectivity index (χ0n) is 21.0. The summed E-state index contributed by atoms with van der Waals surface area (Å²) >= 11 is 0. The molecule has 0 atom stereocenters. The number of unbranched alkanes of at least 4 members (excludes halogenated alkanes) is 13. The van der Waals surface area contributed by atoms with Gasteiger partial charge in [-0.2, -0.15) is 0 Å². The molecule has 188 valence electrons. The Labute approximate surface area is 202 Å². The third kappa shape index (κ3) is 18.1. The number of hydrogen-bond acceptors (Lipinski definition) is 3. The summed E-state index contributed by atoms with van der Waals surface area (Å²) in [6, 6.07) is 7.50. The number of aromatic hydroxyl groups is 1. The molecule has 1 aromatic carbocycles. The number of rotatable bonds is 21. The van der Waals surface area contributed by atoms with Crippen molar-refractivity contribution < 1.29 is 14.7 Å². The van der Waals surface area contributed by atoms with Crippen molar-refractivity contribution in [2.75, 3.05) is 6.67 Å². The van der Waals surface area contributed by atoms with Crippen molar-refractivity contribution in [2.45, 2.75) is 122 Å². The highest BCUT2D eigenvalue weighted by atomic mass is 16.3. The van der Waals surface area contributed by atoms with E-state index in [-0.39, 0.29) is 18.5 Å². The molecule has 0 aliphatic rings. The van der Waals surface area contributed by atoms with Gasteiger partial charge in [0.2, 0.25) is 11.8 Å². The van der Waals surface area contributed by atoms with E-state index in [1.54, 1.807) is 12.1 Å². The van der Waals surface area contributed by atoms with Crippen molar-refractivity contribution >= 4 is 11.8 Å². The maximum absolute atomic E-state index is 11.9. The number of amides is 2. The van der Waals surface area contributed by atoms with E-state index in [9.17, 15) is 14.7 Å². The average molecular weight is 461 g/mol. The maximum atomic E-state index is 11.9. The standard InChI is InChI=1S/C28H48N2O3/c1-2-3-4-5-8-12-15-18-27(32)29-24-30-28(33)19-16-13-10-7-6-9-11-14-17-25-20-22-26(31)23-21-25/h20-23,31H,2-19,24H2,1H3,(H,29,32)(H,30,33). The summed E-state index contributed by atoms with van der Waals surface area (Å²) in [5, 5.41) is 14.9.